The minimum absolute atomic E-state index is 0.0358. The zero-order valence-corrected chi connectivity index (χ0v) is 23.1. The summed E-state index contributed by atoms with van der Waals surface area (Å²) in [6, 6.07) is 18.8. The number of carbonyl (C=O) groups excluding carboxylic acids is 3. The van der Waals surface area contributed by atoms with Crippen LogP contribution < -0.4 is 5.32 Å². The van der Waals surface area contributed by atoms with Gasteiger partial charge in [0.15, 0.2) is 5.12 Å². The largest absolute Gasteiger partial charge is 0.347 e. The van der Waals surface area contributed by atoms with E-state index in [1.165, 1.54) is 22.2 Å². The second kappa shape index (κ2) is 15.3. The van der Waals surface area contributed by atoms with Crippen molar-refractivity contribution in [2.45, 2.75) is 58.5 Å². The summed E-state index contributed by atoms with van der Waals surface area (Å²) in [7, 11) is 3.41. The first-order chi connectivity index (χ1) is 17.2. The van der Waals surface area contributed by atoms with E-state index in [4.69, 9.17) is 0 Å². The standard InChI is InChI=1S/C29H41N3O3S/c1-22(2)18-19-32(26(21-36-23(3)33)17-16-24-12-8-6-9-13-24)29(35)30-27(28(34)31(4)5)20-25-14-10-7-11-15-25/h6-15,22,26-27H,16-21H2,1-5H3,(H,30,35)/t26?,27-/m0/s1. The molecule has 3 amide bonds. The Bertz CT molecular complexity index is 951. The van der Waals surface area contributed by atoms with Crippen molar-refractivity contribution in [2.24, 2.45) is 5.92 Å². The maximum atomic E-state index is 13.7. The molecule has 0 saturated carbocycles. The van der Waals surface area contributed by atoms with Gasteiger partial charge in [-0.3, -0.25) is 9.59 Å². The Morgan fingerprint density at radius 3 is 2.00 bits per heavy atom. The van der Waals surface area contributed by atoms with E-state index in [1.807, 2.05) is 53.4 Å². The molecule has 36 heavy (non-hydrogen) atoms. The monoisotopic (exact) mass is 511 g/mol. The summed E-state index contributed by atoms with van der Waals surface area (Å²) in [6.45, 7) is 6.39. The SMILES string of the molecule is CC(=O)SCC(CCc1ccccc1)N(CCC(C)C)C(=O)N[C@@H](Cc1ccccc1)C(=O)N(C)C. The fraction of sp³-hybridized carbons (Fsp3) is 0.483. The van der Waals surface area contributed by atoms with Gasteiger partial charge in [0, 0.05) is 45.8 Å². The Labute approximate surface area is 220 Å². The molecule has 2 rings (SSSR count). The Kier molecular flexibility index (Phi) is 12.5. The lowest BCUT2D eigenvalue weighted by Gasteiger charge is -2.34. The second-order valence-electron chi connectivity index (χ2n) is 9.78. The van der Waals surface area contributed by atoms with Gasteiger partial charge >= 0.3 is 6.03 Å². The zero-order valence-electron chi connectivity index (χ0n) is 22.3. The van der Waals surface area contributed by atoms with E-state index in [0.717, 1.165) is 24.8 Å². The van der Waals surface area contributed by atoms with E-state index in [0.29, 0.717) is 24.6 Å². The Hall–Kier alpha value is -2.80. The summed E-state index contributed by atoms with van der Waals surface area (Å²) in [5.74, 6) is 0.799. The molecule has 0 aromatic heterocycles. The molecule has 1 N–H and O–H groups in total. The molecule has 7 heteroatoms. The lowest BCUT2D eigenvalue weighted by atomic mass is 10.0. The predicted octanol–water partition coefficient (Wildman–Crippen LogP) is 5.02. The zero-order chi connectivity index (χ0) is 26.5. The van der Waals surface area contributed by atoms with Crippen molar-refractivity contribution in [1.29, 1.82) is 0 Å². The molecule has 0 bridgehead atoms. The highest BCUT2D eigenvalue weighted by Crippen LogP contribution is 2.19. The molecule has 2 atom stereocenters. The van der Waals surface area contributed by atoms with E-state index in [-0.39, 0.29) is 23.1 Å². The number of likely N-dealkylation sites (N-methyl/N-ethyl adjacent to an activating group) is 1. The molecular formula is C29H41N3O3S. The van der Waals surface area contributed by atoms with Gasteiger partial charge in [0.05, 0.1) is 0 Å². The van der Waals surface area contributed by atoms with Gasteiger partial charge in [-0.25, -0.2) is 4.79 Å². The Morgan fingerprint density at radius 1 is 0.889 bits per heavy atom. The number of amides is 3. The number of hydrogen-bond acceptors (Lipinski definition) is 4. The highest BCUT2D eigenvalue weighted by Gasteiger charge is 2.29. The van der Waals surface area contributed by atoms with Crippen LogP contribution in [0.1, 0.15) is 44.7 Å². The highest BCUT2D eigenvalue weighted by molar-refractivity contribution is 8.13. The minimum atomic E-state index is -0.674. The van der Waals surface area contributed by atoms with Gasteiger partial charge in [0.2, 0.25) is 5.91 Å². The van der Waals surface area contributed by atoms with Crippen LogP contribution in [0.2, 0.25) is 0 Å². The van der Waals surface area contributed by atoms with E-state index in [2.05, 4.69) is 31.3 Å². The quantitative estimate of drug-likeness (QED) is 0.410. The van der Waals surface area contributed by atoms with Crippen molar-refractivity contribution in [3.05, 3.63) is 71.8 Å². The number of rotatable bonds is 13. The normalized spacial score (nSPS) is 12.6. The van der Waals surface area contributed by atoms with Gasteiger partial charge in [0.25, 0.3) is 0 Å². The number of nitrogens with zero attached hydrogens (tertiary/aromatic N) is 2. The molecule has 0 aliphatic rings. The average molecular weight is 512 g/mol. The molecule has 0 aliphatic heterocycles. The molecule has 196 valence electrons. The molecule has 0 heterocycles. The third-order valence-electron chi connectivity index (χ3n) is 6.06. The third-order valence-corrected chi connectivity index (χ3v) is 7.01. The fourth-order valence-corrected chi connectivity index (χ4v) is 4.74. The van der Waals surface area contributed by atoms with Crippen molar-refractivity contribution < 1.29 is 14.4 Å². The summed E-state index contributed by atoms with van der Waals surface area (Å²) in [5, 5.41) is 3.07. The van der Waals surface area contributed by atoms with Crippen LogP contribution in [0.25, 0.3) is 0 Å². The summed E-state index contributed by atoms with van der Waals surface area (Å²) < 4.78 is 0. The van der Waals surface area contributed by atoms with Gasteiger partial charge in [-0.05, 0) is 36.3 Å². The number of carbonyl (C=O) groups is 3. The highest BCUT2D eigenvalue weighted by atomic mass is 32.2. The van der Waals surface area contributed by atoms with Gasteiger partial charge in [-0.15, -0.1) is 0 Å². The van der Waals surface area contributed by atoms with Crippen LogP contribution in [-0.2, 0) is 22.4 Å². The first-order valence-corrected chi connectivity index (χ1v) is 13.7. The molecule has 0 saturated heterocycles. The topological polar surface area (TPSA) is 69.7 Å². The first-order valence-electron chi connectivity index (χ1n) is 12.7. The summed E-state index contributed by atoms with van der Waals surface area (Å²) in [4.78, 5) is 41.9. The lowest BCUT2D eigenvalue weighted by Crippen LogP contribution is -2.55. The van der Waals surface area contributed by atoms with E-state index >= 15 is 0 Å². The maximum absolute atomic E-state index is 13.7. The summed E-state index contributed by atoms with van der Waals surface area (Å²) >= 11 is 1.25. The number of thioether (sulfide) groups is 1. The Balaban J connectivity index is 2.27. The van der Waals surface area contributed by atoms with Gasteiger partial charge in [-0.2, -0.15) is 0 Å². The predicted molar refractivity (Wildman–Crippen MR) is 149 cm³/mol. The van der Waals surface area contributed by atoms with Crippen molar-refractivity contribution >= 4 is 28.8 Å². The second-order valence-corrected chi connectivity index (χ2v) is 11.0. The number of urea groups is 1. The molecular weight excluding hydrogens is 470 g/mol. The van der Waals surface area contributed by atoms with Crippen LogP contribution in [0.5, 0.6) is 0 Å². The lowest BCUT2D eigenvalue weighted by molar-refractivity contribution is -0.130. The van der Waals surface area contributed by atoms with Crippen molar-refractivity contribution in [3.8, 4) is 0 Å². The van der Waals surface area contributed by atoms with Crippen LogP contribution in [0.15, 0.2) is 60.7 Å². The summed E-state index contributed by atoms with van der Waals surface area (Å²) in [5.41, 5.74) is 2.18. The molecule has 1 unspecified atom stereocenters. The van der Waals surface area contributed by atoms with Crippen molar-refractivity contribution in [2.75, 3.05) is 26.4 Å². The van der Waals surface area contributed by atoms with E-state index in [1.54, 1.807) is 21.0 Å². The van der Waals surface area contributed by atoms with Gasteiger partial charge in [0.1, 0.15) is 6.04 Å². The summed E-state index contributed by atoms with van der Waals surface area (Å²) in [6.07, 6.45) is 2.80. The Morgan fingerprint density at radius 2 is 1.47 bits per heavy atom. The average Bonchev–Trinajstić information content (AvgIpc) is 2.85. The third kappa shape index (κ3) is 10.4. The molecule has 0 radical (unpaired) electrons. The van der Waals surface area contributed by atoms with Crippen LogP contribution in [0.4, 0.5) is 4.79 Å². The molecule has 0 spiro atoms. The van der Waals surface area contributed by atoms with Gasteiger partial charge < -0.3 is 15.1 Å². The van der Waals surface area contributed by atoms with Gasteiger partial charge in [-0.1, -0.05) is 86.3 Å². The molecule has 0 fully saturated rings. The van der Waals surface area contributed by atoms with Crippen LogP contribution >= 0.6 is 11.8 Å². The molecule has 0 aliphatic carbocycles. The van der Waals surface area contributed by atoms with Crippen LogP contribution in [0, 0.1) is 5.92 Å². The smallest absolute Gasteiger partial charge is 0.318 e. The van der Waals surface area contributed by atoms with Crippen molar-refractivity contribution in [1.82, 2.24) is 15.1 Å². The fourth-order valence-electron chi connectivity index (χ4n) is 3.96. The maximum Gasteiger partial charge on any atom is 0.318 e. The number of aryl methyl sites for hydroxylation is 1. The van der Waals surface area contributed by atoms with Crippen LogP contribution in [0.3, 0.4) is 0 Å². The molecule has 6 nitrogen and oxygen atoms in total. The number of nitrogens with one attached hydrogen (secondary N) is 1. The number of benzene rings is 2. The number of hydrogen-bond donors (Lipinski definition) is 1. The van der Waals surface area contributed by atoms with E-state index in [9.17, 15) is 14.4 Å². The van der Waals surface area contributed by atoms with Crippen molar-refractivity contribution in [3.63, 3.8) is 0 Å². The molecule has 2 aromatic rings. The minimum Gasteiger partial charge on any atom is -0.347 e. The van der Waals surface area contributed by atoms with E-state index < -0.39 is 6.04 Å². The first kappa shape index (κ1) is 29.4. The van der Waals surface area contributed by atoms with Crippen LogP contribution in [-0.4, -0.2) is 65.3 Å². The molecule has 2 aromatic carbocycles.